The molecule has 0 radical (unpaired) electrons. The highest BCUT2D eigenvalue weighted by atomic mass is 19.1. The summed E-state index contributed by atoms with van der Waals surface area (Å²) in [6, 6.07) is 6.62. The van der Waals surface area contributed by atoms with Gasteiger partial charge in [0, 0.05) is 38.3 Å². The van der Waals surface area contributed by atoms with Crippen molar-refractivity contribution in [3.63, 3.8) is 0 Å². The summed E-state index contributed by atoms with van der Waals surface area (Å²) in [5.41, 5.74) is 1.21. The molecule has 0 bridgehead atoms. The summed E-state index contributed by atoms with van der Waals surface area (Å²) in [4.78, 5) is 7.09. The fraction of sp³-hybridized carbons (Fsp3) is 0.571. The number of likely N-dealkylation sites (tertiary alicyclic amines) is 1. The first-order valence-electron chi connectivity index (χ1n) is 9.80. The molecule has 1 aromatic carbocycles. The van der Waals surface area contributed by atoms with Crippen molar-refractivity contribution < 1.29 is 9.13 Å². The Morgan fingerprint density at radius 3 is 2.78 bits per heavy atom. The molecule has 150 valence electrons. The summed E-state index contributed by atoms with van der Waals surface area (Å²) in [5, 5.41) is 6.83. The number of aliphatic imine (C=N–C) groups is 1. The van der Waals surface area contributed by atoms with Crippen LogP contribution in [0.25, 0.3) is 0 Å². The first kappa shape index (κ1) is 21.2. The lowest BCUT2D eigenvalue weighted by molar-refractivity contribution is 0.219. The quantitative estimate of drug-likeness (QED) is 0.416. The number of ether oxygens (including phenoxy) is 1. The number of nitrogens with zero attached hydrogens (tertiary/aromatic N) is 2. The number of guanidine groups is 1. The summed E-state index contributed by atoms with van der Waals surface area (Å²) < 4.78 is 19.0. The highest BCUT2D eigenvalue weighted by Crippen LogP contribution is 2.14. The number of benzene rings is 1. The van der Waals surface area contributed by atoms with Gasteiger partial charge in [-0.3, -0.25) is 4.90 Å². The Morgan fingerprint density at radius 2 is 2.15 bits per heavy atom. The number of hydrogen-bond acceptors (Lipinski definition) is 3. The first-order valence-corrected chi connectivity index (χ1v) is 9.80. The van der Waals surface area contributed by atoms with Crippen LogP contribution < -0.4 is 15.4 Å². The SMILES string of the molecule is C=C(C)CN1CCC(NC(=NCC(C)Oc2cccc(F)c2)NCC)CC1. The largest absolute Gasteiger partial charge is 0.489 e. The van der Waals surface area contributed by atoms with Gasteiger partial charge in [0.05, 0.1) is 6.54 Å². The van der Waals surface area contributed by atoms with Crippen molar-refractivity contribution >= 4 is 5.96 Å². The van der Waals surface area contributed by atoms with E-state index in [4.69, 9.17) is 4.74 Å². The summed E-state index contributed by atoms with van der Waals surface area (Å²) >= 11 is 0. The number of nitrogens with one attached hydrogen (secondary N) is 2. The Balaban J connectivity index is 1.82. The maximum Gasteiger partial charge on any atom is 0.191 e. The Hall–Kier alpha value is -2.08. The van der Waals surface area contributed by atoms with Crippen LogP contribution in [-0.2, 0) is 0 Å². The standard InChI is InChI=1S/C21H33FN4O/c1-5-23-21(25-19-9-11-26(12-10-19)15-16(2)3)24-14-17(4)27-20-8-6-7-18(22)13-20/h6-8,13,17,19H,2,5,9-12,14-15H2,1,3-4H3,(H2,23,24,25). The third kappa shape index (κ3) is 7.99. The Morgan fingerprint density at radius 1 is 1.41 bits per heavy atom. The first-order chi connectivity index (χ1) is 13.0. The molecular formula is C21H33FN4O. The molecular weight excluding hydrogens is 343 g/mol. The molecule has 27 heavy (non-hydrogen) atoms. The predicted molar refractivity (Wildman–Crippen MR) is 110 cm³/mol. The Labute approximate surface area is 162 Å². The third-order valence-corrected chi connectivity index (χ3v) is 4.41. The fourth-order valence-electron chi connectivity index (χ4n) is 3.16. The van der Waals surface area contributed by atoms with E-state index in [1.807, 2.05) is 6.92 Å². The van der Waals surface area contributed by atoms with Crippen LogP contribution in [-0.4, -0.2) is 55.7 Å². The zero-order chi connectivity index (χ0) is 19.6. The summed E-state index contributed by atoms with van der Waals surface area (Å²) in [5.74, 6) is 1.04. The summed E-state index contributed by atoms with van der Waals surface area (Å²) in [6.07, 6.45) is 2.04. The molecule has 1 atom stereocenters. The topological polar surface area (TPSA) is 48.9 Å². The third-order valence-electron chi connectivity index (χ3n) is 4.41. The lowest BCUT2D eigenvalue weighted by Crippen LogP contribution is -2.49. The van der Waals surface area contributed by atoms with E-state index in [1.165, 1.54) is 17.7 Å². The van der Waals surface area contributed by atoms with Crippen molar-refractivity contribution in [3.05, 3.63) is 42.2 Å². The maximum absolute atomic E-state index is 13.3. The molecule has 2 N–H and O–H groups in total. The monoisotopic (exact) mass is 376 g/mol. The zero-order valence-electron chi connectivity index (χ0n) is 16.8. The molecule has 1 fully saturated rings. The minimum atomic E-state index is -0.295. The Bertz CT molecular complexity index is 626. The molecule has 1 unspecified atom stereocenters. The minimum absolute atomic E-state index is 0.139. The van der Waals surface area contributed by atoms with Gasteiger partial charge in [-0.25, -0.2) is 9.38 Å². The van der Waals surface area contributed by atoms with Crippen LogP contribution >= 0.6 is 0 Å². The van der Waals surface area contributed by atoms with Crippen molar-refractivity contribution in [2.45, 2.75) is 45.8 Å². The highest BCUT2D eigenvalue weighted by Gasteiger charge is 2.19. The molecule has 1 heterocycles. The molecule has 1 aliphatic rings. The smallest absolute Gasteiger partial charge is 0.191 e. The van der Waals surface area contributed by atoms with E-state index < -0.39 is 0 Å². The van der Waals surface area contributed by atoms with Crippen molar-refractivity contribution in [2.75, 3.05) is 32.7 Å². The predicted octanol–water partition coefficient (Wildman–Crippen LogP) is 3.19. The van der Waals surface area contributed by atoms with Crippen LogP contribution in [0.4, 0.5) is 4.39 Å². The maximum atomic E-state index is 13.3. The van der Waals surface area contributed by atoms with E-state index in [9.17, 15) is 4.39 Å². The second-order valence-electron chi connectivity index (χ2n) is 7.26. The van der Waals surface area contributed by atoms with Gasteiger partial charge < -0.3 is 15.4 Å². The van der Waals surface area contributed by atoms with Gasteiger partial charge in [0.2, 0.25) is 0 Å². The van der Waals surface area contributed by atoms with Crippen LogP contribution in [0.5, 0.6) is 5.75 Å². The molecule has 5 nitrogen and oxygen atoms in total. The molecule has 1 saturated heterocycles. The molecule has 2 rings (SSSR count). The van der Waals surface area contributed by atoms with E-state index in [-0.39, 0.29) is 11.9 Å². The zero-order valence-corrected chi connectivity index (χ0v) is 16.8. The second-order valence-corrected chi connectivity index (χ2v) is 7.26. The lowest BCUT2D eigenvalue weighted by Gasteiger charge is -2.33. The normalized spacial score (nSPS) is 17.4. The second kappa shape index (κ2) is 10.9. The van der Waals surface area contributed by atoms with E-state index in [2.05, 4.69) is 41.0 Å². The number of rotatable bonds is 8. The van der Waals surface area contributed by atoms with Gasteiger partial charge in [0.1, 0.15) is 17.7 Å². The van der Waals surface area contributed by atoms with E-state index >= 15 is 0 Å². The van der Waals surface area contributed by atoms with E-state index in [0.29, 0.717) is 18.3 Å². The minimum Gasteiger partial charge on any atom is -0.489 e. The molecule has 0 aromatic heterocycles. The van der Waals surface area contributed by atoms with E-state index in [0.717, 1.165) is 45.0 Å². The molecule has 0 spiro atoms. The van der Waals surface area contributed by atoms with E-state index in [1.54, 1.807) is 12.1 Å². The van der Waals surface area contributed by atoms with Gasteiger partial charge in [-0.1, -0.05) is 18.2 Å². The van der Waals surface area contributed by atoms with Gasteiger partial charge in [-0.2, -0.15) is 0 Å². The highest BCUT2D eigenvalue weighted by molar-refractivity contribution is 5.80. The summed E-state index contributed by atoms with van der Waals surface area (Å²) in [6.45, 7) is 14.5. The van der Waals surface area contributed by atoms with Crippen molar-refractivity contribution in [2.24, 2.45) is 4.99 Å². The van der Waals surface area contributed by atoms with Crippen molar-refractivity contribution in [3.8, 4) is 5.75 Å². The van der Waals surface area contributed by atoms with Crippen molar-refractivity contribution in [1.29, 1.82) is 0 Å². The summed E-state index contributed by atoms with van der Waals surface area (Å²) in [7, 11) is 0. The van der Waals surface area contributed by atoms with Crippen LogP contribution in [0.1, 0.15) is 33.6 Å². The lowest BCUT2D eigenvalue weighted by atomic mass is 10.0. The number of halogens is 1. The van der Waals surface area contributed by atoms with Crippen LogP contribution in [0.15, 0.2) is 41.4 Å². The molecule has 1 aromatic rings. The van der Waals surface area contributed by atoms with Gasteiger partial charge in [-0.05, 0) is 45.7 Å². The number of hydrogen-bond donors (Lipinski definition) is 2. The van der Waals surface area contributed by atoms with Gasteiger partial charge in [-0.15, -0.1) is 0 Å². The average molecular weight is 377 g/mol. The molecule has 1 aliphatic heterocycles. The molecule has 0 aliphatic carbocycles. The van der Waals surface area contributed by atoms with Crippen molar-refractivity contribution in [1.82, 2.24) is 15.5 Å². The Kier molecular flexibility index (Phi) is 8.58. The van der Waals surface area contributed by atoms with Gasteiger partial charge in [0.15, 0.2) is 5.96 Å². The van der Waals surface area contributed by atoms with Crippen LogP contribution in [0.3, 0.4) is 0 Å². The van der Waals surface area contributed by atoms with Crippen LogP contribution in [0, 0.1) is 5.82 Å². The average Bonchev–Trinajstić information content (AvgIpc) is 2.61. The fourth-order valence-corrected chi connectivity index (χ4v) is 3.16. The molecule has 6 heteroatoms. The van der Waals surface area contributed by atoms with Gasteiger partial charge >= 0.3 is 0 Å². The molecule has 0 saturated carbocycles. The molecule has 0 amide bonds. The van der Waals surface area contributed by atoms with Gasteiger partial charge in [0.25, 0.3) is 0 Å². The van der Waals surface area contributed by atoms with Crippen LogP contribution in [0.2, 0.25) is 0 Å². The number of piperidine rings is 1.